The van der Waals surface area contributed by atoms with Gasteiger partial charge < -0.3 is 25.8 Å². The maximum absolute atomic E-state index is 13.6. The Balaban J connectivity index is 0.000000349. The van der Waals surface area contributed by atoms with Crippen LogP contribution in [0.1, 0.15) is 70.6 Å². The van der Waals surface area contributed by atoms with Crippen molar-refractivity contribution in [3.05, 3.63) is 51.9 Å². The number of halogens is 4. The minimum atomic E-state index is -4.98. The van der Waals surface area contributed by atoms with Gasteiger partial charge in [-0.05, 0) is 95.8 Å². The standard InChI is InChI=1S/C26H31BrF3N3O4.C8H10N2S/c1-24-9-7-16-14(12-31-20-10-13(34)6-8-25(16,20)2)15(24)4-5-17(24)21(35)32-19-11-18(27)22(36-3)33-23(19)37-26(28,29)30;1-2-7-5-6(8(9)11)3-4-10-7/h10-11,14-17,31H,4-9,12H2,1-3H3,(H,32,35);3-5H,2H2,1H3,(H2,9,11)/t14?,15?,16?,17?,24-,25+;/m0./s1. The number of methoxy groups -OCH3 is 1. The van der Waals surface area contributed by atoms with E-state index in [2.05, 4.69) is 55.1 Å². The topological polar surface area (TPSA) is 128 Å². The highest BCUT2D eigenvalue weighted by atomic mass is 79.9. The quantitative estimate of drug-likeness (QED) is 0.271. The molecule has 4 unspecified atom stereocenters. The fraction of sp³-hybridized carbons (Fsp3) is 0.559. The zero-order valence-electron chi connectivity index (χ0n) is 27.4. The first-order valence-electron chi connectivity index (χ1n) is 16.1. The van der Waals surface area contributed by atoms with E-state index < -0.39 is 12.2 Å². The summed E-state index contributed by atoms with van der Waals surface area (Å²) in [5, 5.41) is 6.22. The smallest absolute Gasteiger partial charge is 0.480 e. The number of alkyl halides is 3. The summed E-state index contributed by atoms with van der Waals surface area (Å²) < 4.78 is 48.6. The van der Waals surface area contributed by atoms with Crippen LogP contribution in [0.4, 0.5) is 18.9 Å². The summed E-state index contributed by atoms with van der Waals surface area (Å²) in [5.41, 5.74) is 7.90. The van der Waals surface area contributed by atoms with E-state index in [1.54, 1.807) is 12.3 Å². The second kappa shape index (κ2) is 13.9. The monoisotopic (exact) mass is 751 g/mol. The highest BCUT2D eigenvalue weighted by Crippen LogP contribution is 2.64. The average Bonchev–Trinajstić information content (AvgIpc) is 3.39. The van der Waals surface area contributed by atoms with Crippen molar-refractivity contribution in [3.63, 3.8) is 0 Å². The maximum Gasteiger partial charge on any atom is 0.574 e. The molecule has 2 saturated carbocycles. The Morgan fingerprint density at radius 3 is 2.60 bits per heavy atom. The largest absolute Gasteiger partial charge is 0.574 e. The third-order valence-electron chi connectivity index (χ3n) is 10.9. The van der Waals surface area contributed by atoms with Gasteiger partial charge in [-0.2, -0.15) is 4.98 Å². The van der Waals surface area contributed by atoms with Crippen molar-refractivity contribution < 1.29 is 32.2 Å². The number of rotatable bonds is 6. The van der Waals surface area contributed by atoms with Gasteiger partial charge in [-0.3, -0.25) is 14.6 Å². The number of ketones is 1. The molecule has 2 aromatic heterocycles. The molecule has 6 atom stereocenters. The second-order valence-electron chi connectivity index (χ2n) is 13.5. The van der Waals surface area contributed by atoms with E-state index in [-0.39, 0.29) is 40.0 Å². The van der Waals surface area contributed by atoms with Crippen LogP contribution >= 0.6 is 28.1 Å². The number of aromatic nitrogens is 2. The van der Waals surface area contributed by atoms with E-state index in [1.165, 1.54) is 13.2 Å². The van der Waals surface area contributed by atoms with E-state index in [4.69, 9.17) is 22.7 Å². The molecule has 3 fully saturated rings. The van der Waals surface area contributed by atoms with Gasteiger partial charge in [-0.15, -0.1) is 13.2 Å². The van der Waals surface area contributed by atoms with Crippen molar-refractivity contribution in [2.45, 2.75) is 72.1 Å². The molecule has 48 heavy (non-hydrogen) atoms. The average molecular weight is 753 g/mol. The number of aryl methyl sites for hydroxylation is 1. The van der Waals surface area contributed by atoms with Gasteiger partial charge >= 0.3 is 6.36 Å². The molecule has 4 N–H and O–H groups in total. The molecule has 14 heteroatoms. The third kappa shape index (κ3) is 7.19. The molecule has 0 bridgehead atoms. The molecule has 1 amide bonds. The molecular weight excluding hydrogens is 711 g/mol. The number of nitrogens with two attached hydrogens (primary N) is 1. The normalized spacial score (nSPS) is 29.1. The Bertz CT molecular complexity index is 1620. The molecule has 9 nitrogen and oxygen atoms in total. The fourth-order valence-corrected chi connectivity index (χ4v) is 9.10. The van der Waals surface area contributed by atoms with Crippen LogP contribution in [-0.4, -0.2) is 46.7 Å². The molecule has 260 valence electrons. The summed E-state index contributed by atoms with van der Waals surface area (Å²) in [5.74, 6) is -0.250. The summed E-state index contributed by atoms with van der Waals surface area (Å²) in [6, 6.07) is 5.06. The summed E-state index contributed by atoms with van der Waals surface area (Å²) in [7, 11) is 1.28. The molecule has 0 spiro atoms. The predicted octanol–water partition coefficient (Wildman–Crippen LogP) is 6.88. The van der Waals surface area contributed by atoms with Crippen molar-refractivity contribution in [2.24, 2.45) is 40.2 Å². The maximum atomic E-state index is 13.6. The number of hydrogen-bond donors (Lipinski definition) is 3. The van der Waals surface area contributed by atoms with Crippen LogP contribution < -0.4 is 25.8 Å². The van der Waals surface area contributed by atoms with Gasteiger partial charge in [-0.25, -0.2) is 0 Å². The Morgan fingerprint density at radius 2 is 1.94 bits per heavy atom. The van der Waals surface area contributed by atoms with Crippen molar-refractivity contribution >= 4 is 50.5 Å². The van der Waals surface area contributed by atoms with Crippen LogP contribution in [0.2, 0.25) is 0 Å². The number of nitrogens with one attached hydrogen (secondary N) is 2. The van der Waals surface area contributed by atoms with Gasteiger partial charge in [0.15, 0.2) is 5.78 Å². The minimum Gasteiger partial charge on any atom is -0.480 e. The highest BCUT2D eigenvalue weighted by molar-refractivity contribution is 9.10. The molecule has 3 aliphatic carbocycles. The Hall–Kier alpha value is -3.26. The molecule has 3 heterocycles. The van der Waals surface area contributed by atoms with Crippen LogP contribution in [0, 0.1) is 34.5 Å². The first-order valence-corrected chi connectivity index (χ1v) is 17.3. The number of piperidine rings is 1. The van der Waals surface area contributed by atoms with Crippen molar-refractivity contribution in [1.82, 2.24) is 15.3 Å². The molecule has 0 aromatic carbocycles. The number of fused-ring (bicyclic) bond motifs is 5. The lowest BCUT2D eigenvalue weighted by Crippen LogP contribution is -2.57. The number of hydrogen-bond acceptors (Lipinski definition) is 8. The Kier molecular flexibility index (Phi) is 10.5. The first kappa shape index (κ1) is 36.0. The SMILES string of the molecule is CCc1cc(C(N)=S)ccn1.COc1nc(OC(F)(F)F)c(NC(=O)C2CCC3C4CNC5=CC(=O)CC[C@]5(C)C4CC[C@]23C)cc1Br. The van der Waals surface area contributed by atoms with Crippen LogP contribution in [0.5, 0.6) is 11.8 Å². The number of nitrogens with zero attached hydrogens (tertiary/aromatic N) is 2. The number of allylic oxidation sites excluding steroid dienone is 2. The molecule has 0 radical (unpaired) electrons. The van der Waals surface area contributed by atoms with E-state index in [0.717, 1.165) is 55.6 Å². The zero-order valence-corrected chi connectivity index (χ0v) is 29.8. The van der Waals surface area contributed by atoms with Gasteiger partial charge in [0.1, 0.15) is 10.7 Å². The van der Waals surface area contributed by atoms with Crippen LogP contribution in [0.25, 0.3) is 0 Å². The van der Waals surface area contributed by atoms with Gasteiger partial charge in [0, 0.05) is 53.5 Å². The van der Waals surface area contributed by atoms with Gasteiger partial charge in [-0.1, -0.05) is 33.0 Å². The molecule has 1 aliphatic heterocycles. The van der Waals surface area contributed by atoms with Crippen LogP contribution in [-0.2, 0) is 16.0 Å². The number of pyridine rings is 2. The lowest BCUT2D eigenvalue weighted by molar-refractivity contribution is -0.275. The first-order chi connectivity index (χ1) is 22.6. The number of anilines is 1. The van der Waals surface area contributed by atoms with E-state index in [1.807, 2.05) is 19.1 Å². The summed E-state index contributed by atoms with van der Waals surface area (Å²) in [6.07, 6.45) is 4.18. The fourth-order valence-electron chi connectivity index (χ4n) is 8.50. The van der Waals surface area contributed by atoms with Gasteiger partial charge in [0.2, 0.25) is 17.7 Å². The number of carbonyl (C=O) groups excluding carboxylic acids is 2. The van der Waals surface area contributed by atoms with Crippen LogP contribution in [0.3, 0.4) is 0 Å². The highest BCUT2D eigenvalue weighted by Gasteiger charge is 2.60. The Labute approximate surface area is 292 Å². The van der Waals surface area contributed by atoms with Crippen molar-refractivity contribution in [2.75, 3.05) is 19.0 Å². The third-order valence-corrected chi connectivity index (χ3v) is 11.8. The van der Waals surface area contributed by atoms with Gasteiger partial charge in [0.05, 0.1) is 11.6 Å². The zero-order chi connectivity index (χ0) is 35.0. The molecule has 6 rings (SSSR count). The lowest BCUT2D eigenvalue weighted by atomic mass is 9.50. The Morgan fingerprint density at radius 1 is 1.19 bits per heavy atom. The van der Waals surface area contributed by atoms with E-state index >= 15 is 0 Å². The van der Waals surface area contributed by atoms with Crippen molar-refractivity contribution in [1.29, 1.82) is 0 Å². The molecule has 1 saturated heterocycles. The molecule has 2 aromatic rings. The summed E-state index contributed by atoms with van der Waals surface area (Å²) in [6.45, 7) is 7.23. The molecule has 4 aliphatic rings. The summed E-state index contributed by atoms with van der Waals surface area (Å²) >= 11 is 8.05. The number of thiocarbonyl (C=S) groups is 1. The van der Waals surface area contributed by atoms with Gasteiger partial charge in [0.25, 0.3) is 0 Å². The second-order valence-corrected chi connectivity index (χ2v) is 14.8. The number of amides is 1. The summed E-state index contributed by atoms with van der Waals surface area (Å²) in [4.78, 5) is 33.9. The minimum absolute atomic E-state index is 0.0661. The molecular formula is C34H41BrF3N5O4S. The lowest BCUT2D eigenvalue weighted by Gasteiger charge is -2.58. The number of ether oxygens (including phenoxy) is 2. The van der Waals surface area contributed by atoms with E-state index in [9.17, 15) is 22.8 Å². The number of carbonyl (C=O) groups is 2. The van der Waals surface area contributed by atoms with Crippen LogP contribution in [0.15, 0.2) is 40.6 Å². The predicted molar refractivity (Wildman–Crippen MR) is 182 cm³/mol. The van der Waals surface area contributed by atoms with E-state index in [0.29, 0.717) is 40.1 Å². The van der Waals surface area contributed by atoms with Crippen molar-refractivity contribution in [3.8, 4) is 11.8 Å².